The van der Waals surface area contributed by atoms with Crippen molar-refractivity contribution < 1.29 is 4.79 Å². The lowest BCUT2D eigenvalue weighted by Gasteiger charge is -2.12. The third-order valence-corrected chi connectivity index (χ3v) is 2.53. The molecule has 88 valence electrons. The molecular formula is C10H16N4OS. The Morgan fingerprint density at radius 3 is 2.81 bits per heavy atom. The van der Waals surface area contributed by atoms with Crippen molar-refractivity contribution in [1.82, 2.24) is 15.1 Å². The maximum Gasteiger partial charge on any atom is 0.254 e. The van der Waals surface area contributed by atoms with Crippen LogP contribution in [0.4, 0.5) is 0 Å². The molecule has 3 N–H and O–H groups in total. The Labute approximate surface area is 100 Å². The van der Waals surface area contributed by atoms with Crippen molar-refractivity contribution in [3.63, 3.8) is 0 Å². The van der Waals surface area contributed by atoms with Gasteiger partial charge in [0.15, 0.2) is 0 Å². The fourth-order valence-corrected chi connectivity index (χ4v) is 1.63. The monoisotopic (exact) mass is 240 g/mol. The van der Waals surface area contributed by atoms with Gasteiger partial charge in [-0.25, -0.2) is 0 Å². The van der Waals surface area contributed by atoms with E-state index >= 15 is 0 Å². The molecule has 0 spiro atoms. The summed E-state index contributed by atoms with van der Waals surface area (Å²) in [6.45, 7) is 3.71. The first-order chi connectivity index (χ1) is 7.41. The number of amides is 1. The standard InChI is InChI=1S/C10H16N4OS/c1-6(4-9(11)16)13-10(15)8-5-12-14(3)7(8)2/h5-6H,4H2,1-3H3,(H2,11,16)(H,13,15). The van der Waals surface area contributed by atoms with Gasteiger partial charge in [0.25, 0.3) is 5.91 Å². The van der Waals surface area contributed by atoms with Crippen LogP contribution >= 0.6 is 12.2 Å². The van der Waals surface area contributed by atoms with Gasteiger partial charge < -0.3 is 11.1 Å². The largest absolute Gasteiger partial charge is 0.393 e. The highest BCUT2D eigenvalue weighted by molar-refractivity contribution is 7.80. The molecule has 0 saturated carbocycles. The van der Waals surface area contributed by atoms with Gasteiger partial charge in [-0.05, 0) is 13.8 Å². The Hall–Kier alpha value is -1.43. The first kappa shape index (κ1) is 12.6. The lowest BCUT2D eigenvalue weighted by Crippen LogP contribution is -2.35. The Balaban J connectivity index is 2.66. The highest BCUT2D eigenvalue weighted by Crippen LogP contribution is 2.06. The summed E-state index contributed by atoms with van der Waals surface area (Å²) >= 11 is 4.78. The Bertz CT molecular complexity index is 413. The molecule has 0 aliphatic carbocycles. The van der Waals surface area contributed by atoms with E-state index in [-0.39, 0.29) is 11.9 Å². The SMILES string of the molecule is Cc1c(C(=O)NC(C)CC(N)=S)cnn1C. The second-order valence-electron chi connectivity index (χ2n) is 3.81. The van der Waals surface area contributed by atoms with E-state index in [1.165, 1.54) is 0 Å². The van der Waals surface area contributed by atoms with E-state index in [1.54, 1.807) is 17.9 Å². The third kappa shape index (κ3) is 3.03. The number of nitrogens with two attached hydrogens (primary N) is 1. The first-order valence-corrected chi connectivity index (χ1v) is 5.40. The molecule has 0 fully saturated rings. The number of hydrogen-bond donors (Lipinski definition) is 2. The third-order valence-electron chi connectivity index (χ3n) is 2.36. The smallest absolute Gasteiger partial charge is 0.254 e. The molecule has 1 rings (SSSR count). The van der Waals surface area contributed by atoms with Gasteiger partial charge in [0, 0.05) is 25.2 Å². The van der Waals surface area contributed by atoms with Crippen LogP contribution in [0.5, 0.6) is 0 Å². The van der Waals surface area contributed by atoms with E-state index < -0.39 is 0 Å². The second kappa shape index (κ2) is 5.07. The fraction of sp³-hybridized carbons (Fsp3) is 0.500. The molecule has 0 aliphatic heterocycles. The van der Waals surface area contributed by atoms with Crippen LogP contribution < -0.4 is 11.1 Å². The highest BCUT2D eigenvalue weighted by Gasteiger charge is 2.15. The first-order valence-electron chi connectivity index (χ1n) is 4.99. The molecule has 5 nitrogen and oxygen atoms in total. The minimum Gasteiger partial charge on any atom is -0.393 e. The van der Waals surface area contributed by atoms with E-state index in [2.05, 4.69) is 10.4 Å². The van der Waals surface area contributed by atoms with Crippen molar-refractivity contribution >= 4 is 23.1 Å². The molecule has 16 heavy (non-hydrogen) atoms. The Morgan fingerprint density at radius 2 is 2.38 bits per heavy atom. The van der Waals surface area contributed by atoms with E-state index in [9.17, 15) is 4.79 Å². The van der Waals surface area contributed by atoms with Gasteiger partial charge in [-0.2, -0.15) is 5.10 Å². The van der Waals surface area contributed by atoms with Gasteiger partial charge in [0.2, 0.25) is 0 Å². The lowest BCUT2D eigenvalue weighted by molar-refractivity contribution is 0.0940. The predicted octanol–water partition coefficient (Wildman–Crippen LogP) is 0.523. The summed E-state index contributed by atoms with van der Waals surface area (Å²) < 4.78 is 1.66. The number of nitrogens with one attached hydrogen (secondary N) is 1. The average Bonchev–Trinajstić information content (AvgIpc) is 2.45. The number of hydrogen-bond acceptors (Lipinski definition) is 3. The maximum atomic E-state index is 11.8. The Morgan fingerprint density at radius 1 is 1.75 bits per heavy atom. The zero-order chi connectivity index (χ0) is 12.3. The molecule has 1 unspecified atom stereocenters. The van der Waals surface area contributed by atoms with Crippen LogP contribution in [0, 0.1) is 6.92 Å². The number of carbonyl (C=O) groups excluding carboxylic acids is 1. The molecule has 0 aromatic carbocycles. The van der Waals surface area contributed by atoms with Gasteiger partial charge >= 0.3 is 0 Å². The number of nitrogens with zero attached hydrogens (tertiary/aromatic N) is 2. The van der Waals surface area contributed by atoms with Crippen molar-refractivity contribution in [1.29, 1.82) is 0 Å². The van der Waals surface area contributed by atoms with Crippen molar-refractivity contribution in [2.24, 2.45) is 12.8 Å². The summed E-state index contributed by atoms with van der Waals surface area (Å²) in [4.78, 5) is 12.2. The minimum atomic E-state index is -0.144. The van der Waals surface area contributed by atoms with Crippen LogP contribution in [0.25, 0.3) is 0 Å². The zero-order valence-corrected chi connectivity index (χ0v) is 10.5. The van der Waals surface area contributed by atoms with Crippen LogP contribution in [0.15, 0.2) is 6.20 Å². The van der Waals surface area contributed by atoms with Crippen LogP contribution in [0.1, 0.15) is 29.4 Å². The summed E-state index contributed by atoms with van der Waals surface area (Å²) in [5.74, 6) is -0.144. The zero-order valence-electron chi connectivity index (χ0n) is 9.65. The van der Waals surface area contributed by atoms with Gasteiger partial charge in [0.1, 0.15) is 0 Å². The van der Waals surface area contributed by atoms with Crippen LogP contribution in [0.2, 0.25) is 0 Å². The molecule has 1 atom stereocenters. The van der Waals surface area contributed by atoms with Crippen molar-refractivity contribution in [3.05, 3.63) is 17.5 Å². The molecule has 0 aliphatic rings. The van der Waals surface area contributed by atoms with Crippen molar-refractivity contribution in [2.75, 3.05) is 0 Å². The van der Waals surface area contributed by atoms with Gasteiger partial charge in [0.05, 0.1) is 16.7 Å². The topological polar surface area (TPSA) is 72.9 Å². The lowest BCUT2D eigenvalue weighted by atomic mass is 10.2. The van der Waals surface area contributed by atoms with Gasteiger partial charge in [-0.15, -0.1) is 0 Å². The summed E-state index contributed by atoms with van der Waals surface area (Å²) in [7, 11) is 1.80. The Kier molecular flexibility index (Phi) is 4.00. The van der Waals surface area contributed by atoms with Crippen LogP contribution in [0.3, 0.4) is 0 Å². The molecule has 1 heterocycles. The number of aromatic nitrogens is 2. The van der Waals surface area contributed by atoms with Crippen molar-refractivity contribution in [3.8, 4) is 0 Å². The van der Waals surface area contributed by atoms with Crippen molar-refractivity contribution in [2.45, 2.75) is 26.3 Å². The molecule has 0 bridgehead atoms. The number of thiocarbonyl (C=S) groups is 1. The molecule has 6 heteroatoms. The summed E-state index contributed by atoms with van der Waals surface area (Å²) in [6.07, 6.45) is 2.05. The van der Waals surface area contributed by atoms with E-state index in [1.807, 2.05) is 13.8 Å². The van der Waals surface area contributed by atoms with E-state index in [4.69, 9.17) is 18.0 Å². The normalized spacial score (nSPS) is 12.2. The van der Waals surface area contributed by atoms with Gasteiger partial charge in [-0.3, -0.25) is 9.48 Å². The summed E-state index contributed by atoms with van der Waals surface area (Å²) in [5, 5.41) is 6.83. The van der Waals surface area contributed by atoms with Crippen LogP contribution in [-0.2, 0) is 7.05 Å². The highest BCUT2D eigenvalue weighted by atomic mass is 32.1. The molecule has 1 aromatic rings. The van der Waals surface area contributed by atoms with E-state index in [0.29, 0.717) is 17.0 Å². The fourth-order valence-electron chi connectivity index (χ4n) is 1.38. The maximum absolute atomic E-state index is 11.8. The number of aryl methyl sites for hydroxylation is 1. The quantitative estimate of drug-likeness (QED) is 0.753. The minimum absolute atomic E-state index is 0.0652. The van der Waals surface area contributed by atoms with E-state index in [0.717, 1.165) is 5.69 Å². The molecular weight excluding hydrogens is 224 g/mol. The number of carbonyl (C=O) groups is 1. The number of rotatable bonds is 4. The summed E-state index contributed by atoms with van der Waals surface area (Å²) in [5.41, 5.74) is 6.82. The summed E-state index contributed by atoms with van der Waals surface area (Å²) in [6, 6.07) is -0.0652. The molecule has 0 saturated heterocycles. The molecule has 1 amide bonds. The average molecular weight is 240 g/mol. The predicted molar refractivity (Wildman–Crippen MR) is 66.3 cm³/mol. The van der Waals surface area contributed by atoms with Gasteiger partial charge in [-0.1, -0.05) is 12.2 Å². The second-order valence-corrected chi connectivity index (χ2v) is 4.34. The van der Waals surface area contributed by atoms with Crippen LogP contribution in [-0.4, -0.2) is 26.7 Å². The molecule has 0 radical (unpaired) electrons. The molecule has 1 aromatic heterocycles.